The second-order valence-corrected chi connectivity index (χ2v) is 9.61. The Bertz CT molecular complexity index is 1270. The van der Waals surface area contributed by atoms with Gasteiger partial charge >= 0.3 is 5.97 Å². The summed E-state index contributed by atoms with van der Waals surface area (Å²) in [6.07, 6.45) is -1.08. The van der Waals surface area contributed by atoms with Gasteiger partial charge in [-0.1, -0.05) is 18.2 Å². The number of para-hydroxylation sites is 1. The summed E-state index contributed by atoms with van der Waals surface area (Å²) in [4.78, 5) is 66.3. The van der Waals surface area contributed by atoms with Gasteiger partial charge < -0.3 is 52.0 Å². The van der Waals surface area contributed by atoms with E-state index in [1.807, 2.05) is 0 Å². The molecule has 1 fully saturated rings. The highest BCUT2D eigenvalue weighted by Crippen LogP contribution is 2.29. The Hall–Kier alpha value is -4.05. The maximum Gasteiger partial charge on any atom is 0.303 e. The van der Waals surface area contributed by atoms with Crippen LogP contribution >= 0.6 is 0 Å². The van der Waals surface area contributed by atoms with Gasteiger partial charge in [0.1, 0.15) is 12.1 Å². The van der Waals surface area contributed by atoms with E-state index < -0.39 is 85.5 Å². The third-order valence-electron chi connectivity index (χ3n) is 6.76. The number of fused-ring (bicyclic) bond motifs is 1. The molecule has 0 spiro atoms. The smallest absolute Gasteiger partial charge is 0.303 e. The van der Waals surface area contributed by atoms with E-state index in [2.05, 4.69) is 20.9 Å². The van der Waals surface area contributed by atoms with Crippen LogP contribution in [-0.2, 0) is 30.4 Å². The second-order valence-electron chi connectivity index (χ2n) is 9.61. The maximum atomic E-state index is 13.5. The van der Waals surface area contributed by atoms with Crippen LogP contribution in [0.1, 0.15) is 24.8 Å². The van der Waals surface area contributed by atoms with Crippen LogP contribution in [0.15, 0.2) is 30.5 Å². The van der Waals surface area contributed by atoms with Crippen molar-refractivity contribution in [3.8, 4) is 0 Å². The molecule has 0 bridgehead atoms. The van der Waals surface area contributed by atoms with E-state index in [1.54, 1.807) is 30.5 Å². The van der Waals surface area contributed by atoms with Gasteiger partial charge in [-0.3, -0.25) is 24.0 Å². The lowest BCUT2D eigenvalue weighted by atomic mass is 10.0. The van der Waals surface area contributed by atoms with Crippen molar-refractivity contribution < 1.29 is 44.4 Å². The van der Waals surface area contributed by atoms with E-state index in [9.17, 15) is 39.3 Å². The van der Waals surface area contributed by atoms with Crippen molar-refractivity contribution in [2.75, 3.05) is 20.2 Å². The Labute approximate surface area is 228 Å². The first-order valence-electron chi connectivity index (χ1n) is 12.6. The number of H-pyrrole nitrogens is 1. The highest BCUT2D eigenvalue weighted by Gasteiger charge is 2.53. The number of likely N-dealkylation sites (tertiary alicyclic amines) is 1. The van der Waals surface area contributed by atoms with Gasteiger partial charge in [0.25, 0.3) is 5.91 Å². The van der Waals surface area contributed by atoms with Crippen molar-refractivity contribution >= 4 is 40.5 Å². The fraction of sp³-hybridized carbons (Fsp3) is 0.480. The number of carbonyl (C=O) groups excluding carboxylic acids is 4. The van der Waals surface area contributed by atoms with Gasteiger partial charge in [-0.25, -0.2) is 0 Å². The molecule has 1 saturated heterocycles. The third-order valence-corrected chi connectivity index (χ3v) is 6.76. The molecule has 1 aliphatic rings. The Morgan fingerprint density at radius 2 is 1.85 bits per heavy atom. The largest absolute Gasteiger partial charge is 0.481 e. The fourth-order valence-electron chi connectivity index (χ4n) is 4.60. The van der Waals surface area contributed by atoms with Gasteiger partial charge in [0.2, 0.25) is 23.4 Å². The maximum absolute atomic E-state index is 13.5. The molecule has 2 heterocycles. The number of aliphatic hydroxyl groups excluding tert-OH is 2. The number of aromatic amines is 1. The number of nitrogens with one attached hydrogen (secondary N) is 4. The molecule has 40 heavy (non-hydrogen) atoms. The van der Waals surface area contributed by atoms with Crippen LogP contribution in [0.5, 0.6) is 0 Å². The number of nitrogens with zero attached hydrogens (tertiary/aromatic N) is 1. The van der Waals surface area contributed by atoms with E-state index in [4.69, 9.17) is 10.8 Å². The Morgan fingerprint density at radius 3 is 2.50 bits per heavy atom. The van der Waals surface area contributed by atoms with Crippen LogP contribution < -0.4 is 21.7 Å². The van der Waals surface area contributed by atoms with Crippen LogP contribution in [0.25, 0.3) is 10.9 Å². The summed E-state index contributed by atoms with van der Waals surface area (Å²) in [5.41, 5.74) is 4.57. The summed E-state index contributed by atoms with van der Waals surface area (Å²) in [5.74, 6) is -4.88. The van der Waals surface area contributed by atoms with Gasteiger partial charge in [-0.05, 0) is 18.1 Å². The molecule has 2 aromatic rings. The number of carbonyl (C=O) groups is 5. The highest BCUT2D eigenvalue weighted by molar-refractivity contribution is 5.97. The highest BCUT2D eigenvalue weighted by atomic mass is 16.4. The van der Waals surface area contributed by atoms with E-state index in [1.165, 1.54) is 7.05 Å². The Balaban J connectivity index is 1.88. The van der Waals surface area contributed by atoms with Crippen LogP contribution in [0.2, 0.25) is 0 Å². The number of rotatable bonds is 12. The SMILES string of the molecule is CNC(=O)[C@H](CO)NC(=O)[C@H](Cc1c[nH]c2ccccc12)NC(=O)[C@@]1(O)C[C@@H](O)CN1C(=O)[C@@H](N)CCC(=O)O. The number of nitrogens with two attached hydrogens (primary N) is 1. The molecule has 0 unspecified atom stereocenters. The molecular weight excluding hydrogens is 528 g/mol. The predicted octanol–water partition coefficient (Wildman–Crippen LogP) is -3.11. The summed E-state index contributed by atoms with van der Waals surface area (Å²) in [5, 5.41) is 47.8. The van der Waals surface area contributed by atoms with Crippen molar-refractivity contribution in [2.24, 2.45) is 5.73 Å². The average molecular weight is 563 g/mol. The van der Waals surface area contributed by atoms with Gasteiger partial charge in [0.15, 0.2) is 0 Å². The van der Waals surface area contributed by atoms with Crippen LogP contribution in [0.4, 0.5) is 0 Å². The van der Waals surface area contributed by atoms with Crippen molar-refractivity contribution in [3.63, 3.8) is 0 Å². The number of carboxylic acid groups (broad SMARTS) is 1. The number of carboxylic acids is 1. The van der Waals surface area contributed by atoms with Crippen LogP contribution in [-0.4, -0.2) is 110 Å². The lowest BCUT2D eigenvalue weighted by Gasteiger charge is -2.34. The minimum Gasteiger partial charge on any atom is -0.481 e. The van der Waals surface area contributed by atoms with Crippen molar-refractivity contribution in [1.29, 1.82) is 0 Å². The zero-order valence-electron chi connectivity index (χ0n) is 21.8. The average Bonchev–Trinajstić information content (AvgIpc) is 3.48. The molecule has 10 N–H and O–H groups in total. The Morgan fingerprint density at radius 1 is 1.15 bits per heavy atom. The molecule has 5 atom stereocenters. The molecule has 0 radical (unpaired) electrons. The summed E-state index contributed by atoms with van der Waals surface area (Å²) < 4.78 is 0. The van der Waals surface area contributed by atoms with E-state index in [0.717, 1.165) is 10.9 Å². The topological polar surface area (TPSA) is 247 Å². The van der Waals surface area contributed by atoms with Crippen LogP contribution in [0, 0.1) is 0 Å². The van der Waals surface area contributed by atoms with Crippen molar-refractivity contribution in [2.45, 2.75) is 55.6 Å². The zero-order chi connectivity index (χ0) is 29.6. The number of aromatic nitrogens is 1. The Kier molecular flexibility index (Phi) is 9.81. The predicted molar refractivity (Wildman–Crippen MR) is 139 cm³/mol. The number of amides is 4. The van der Waals surface area contributed by atoms with Gasteiger partial charge in [-0.2, -0.15) is 0 Å². The lowest BCUT2D eigenvalue weighted by molar-refractivity contribution is -0.169. The quantitative estimate of drug-likeness (QED) is 0.126. The molecule has 0 aliphatic carbocycles. The first-order chi connectivity index (χ1) is 18.9. The molecule has 4 amide bonds. The van der Waals surface area contributed by atoms with Gasteiger partial charge in [-0.15, -0.1) is 0 Å². The van der Waals surface area contributed by atoms with Crippen molar-refractivity contribution in [1.82, 2.24) is 25.8 Å². The summed E-state index contributed by atoms with van der Waals surface area (Å²) in [7, 11) is 1.32. The molecule has 3 rings (SSSR count). The normalized spacial score (nSPS) is 20.9. The third kappa shape index (κ3) is 6.74. The minimum atomic E-state index is -2.60. The van der Waals surface area contributed by atoms with E-state index in [-0.39, 0.29) is 12.8 Å². The molecule has 0 saturated carbocycles. The number of aliphatic hydroxyl groups is 3. The first-order valence-corrected chi connectivity index (χ1v) is 12.6. The molecule has 1 aromatic carbocycles. The van der Waals surface area contributed by atoms with Gasteiger partial charge in [0, 0.05) is 43.4 Å². The molecular formula is C25H34N6O9. The zero-order valence-corrected chi connectivity index (χ0v) is 21.8. The number of benzene rings is 1. The summed E-state index contributed by atoms with van der Waals surface area (Å²) in [6, 6.07) is 3.08. The fourth-order valence-corrected chi connectivity index (χ4v) is 4.60. The summed E-state index contributed by atoms with van der Waals surface area (Å²) in [6.45, 7) is -1.18. The van der Waals surface area contributed by atoms with E-state index >= 15 is 0 Å². The standard InChI is InChI=1S/C25H34N6O9/c1-27-21(36)19(12-32)29-22(37)18(8-13-10-28-17-5-3-2-4-15(13)17)30-24(39)25(40)9-14(33)11-31(25)23(38)16(26)6-7-20(34)35/h2-5,10,14,16,18-19,28,32-33,40H,6-9,11-12,26H2,1H3,(H,27,36)(H,29,37)(H,30,39)(H,34,35)/t14-,16+,18+,19+,25+/m1/s1. The number of hydrogen-bond acceptors (Lipinski definition) is 9. The molecule has 15 heteroatoms. The number of β-amino-alcohol motifs (C(OH)–C–C–N with tert-alkyl or cyclic N) is 1. The van der Waals surface area contributed by atoms with Crippen molar-refractivity contribution in [3.05, 3.63) is 36.0 Å². The number of hydrogen-bond donors (Lipinski definition) is 9. The second kappa shape index (κ2) is 12.9. The lowest BCUT2D eigenvalue weighted by Crippen LogP contribution is -2.63. The monoisotopic (exact) mass is 562 g/mol. The molecule has 1 aromatic heterocycles. The number of aliphatic carboxylic acids is 1. The molecule has 1 aliphatic heterocycles. The summed E-state index contributed by atoms with van der Waals surface area (Å²) >= 11 is 0. The van der Waals surface area contributed by atoms with Crippen LogP contribution in [0.3, 0.4) is 0 Å². The number of likely N-dealkylation sites (N-methyl/N-ethyl adjacent to an activating group) is 1. The molecule has 218 valence electrons. The van der Waals surface area contributed by atoms with E-state index in [0.29, 0.717) is 10.5 Å². The van der Waals surface area contributed by atoms with Gasteiger partial charge in [0.05, 0.1) is 25.3 Å². The molecule has 15 nitrogen and oxygen atoms in total. The minimum absolute atomic E-state index is 0.113. The first kappa shape index (κ1) is 30.5.